The Hall–Kier alpha value is -2.99. The molecule has 3 aromatic rings. The lowest BCUT2D eigenvalue weighted by molar-refractivity contribution is 0.215. The number of pyridine rings is 2. The number of halogens is 1. The van der Waals surface area contributed by atoms with Crippen LogP contribution in [0.1, 0.15) is 24.6 Å². The highest BCUT2D eigenvalue weighted by Gasteiger charge is 2.26. The summed E-state index contributed by atoms with van der Waals surface area (Å²) < 4.78 is 18.9. The van der Waals surface area contributed by atoms with Gasteiger partial charge in [0.1, 0.15) is 11.9 Å². The van der Waals surface area contributed by atoms with Crippen molar-refractivity contribution in [2.45, 2.75) is 32.5 Å². The number of hydrogen-bond donors (Lipinski definition) is 1. The fourth-order valence-corrected chi connectivity index (χ4v) is 3.77. The molecule has 5 nitrogen and oxygen atoms in total. The van der Waals surface area contributed by atoms with Gasteiger partial charge in [0.15, 0.2) is 0 Å². The molecule has 0 spiro atoms. The van der Waals surface area contributed by atoms with Crippen molar-refractivity contribution in [2.75, 3.05) is 18.0 Å². The second-order valence-electron chi connectivity index (χ2n) is 7.12. The molecule has 150 valence electrons. The van der Waals surface area contributed by atoms with Crippen molar-refractivity contribution in [3.8, 4) is 17.1 Å². The Labute approximate surface area is 169 Å². The minimum absolute atomic E-state index is 0.0417. The van der Waals surface area contributed by atoms with Gasteiger partial charge in [0.05, 0.1) is 36.4 Å². The highest BCUT2D eigenvalue weighted by molar-refractivity contribution is 5.67. The van der Waals surface area contributed by atoms with Crippen LogP contribution in [0.5, 0.6) is 5.88 Å². The van der Waals surface area contributed by atoms with E-state index in [1.165, 1.54) is 11.6 Å². The van der Waals surface area contributed by atoms with Crippen LogP contribution in [0.4, 0.5) is 10.1 Å². The second-order valence-corrected chi connectivity index (χ2v) is 7.12. The van der Waals surface area contributed by atoms with Gasteiger partial charge in [-0.25, -0.2) is 14.4 Å². The maximum atomic E-state index is 13.0. The van der Waals surface area contributed by atoms with Crippen molar-refractivity contribution >= 4 is 5.69 Å². The number of aliphatic hydroxyl groups excluding tert-OH is 1. The SMILES string of the molecule is CCc1ccccc1-c1ccc(N2CC[C@H](Oc3ccc(F)cn3)C2)c(CO)n1. The minimum atomic E-state index is -0.381. The fraction of sp³-hybridized carbons (Fsp3) is 0.304. The number of rotatable bonds is 6. The van der Waals surface area contributed by atoms with Crippen LogP contribution in [-0.4, -0.2) is 34.3 Å². The van der Waals surface area contributed by atoms with E-state index in [2.05, 4.69) is 28.9 Å². The molecule has 0 amide bonds. The lowest BCUT2D eigenvalue weighted by Gasteiger charge is -2.22. The van der Waals surface area contributed by atoms with E-state index in [1.54, 1.807) is 6.07 Å². The average Bonchev–Trinajstić information content (AvgIpc) is 3.23. The summed E-state index contributed by atoms with van der Waals surface area (Å²) in [6, 6.07) is 15.1. The second kappa shape index (κ2) is 8.57. The van der Waals surface area contributed by atoms with Gasteiger partial charge in [0.2, 0.25) is 5.88 Å². The van der Waals surface area contributed by atoms with E-state index in [9.17, 15) is 9.50 Å². The van der Waals surface area contributed by atoms with E-state index in [1.807, 2.05) is 24.3 Å². The van der Waals surface area contributed by atoms with E-state index in [0.29, 0.717) is 18.1 Å². The molecule has 1 N–H and O–H groups in total. The molecule has 1 atom stereocenters. The summed E-state index contributed by atoms with van der Waals surface area (Å²) in [6.07, 6.45) is 2.86. The molecule has 1 aromatic carbocycles. The Balaban J connectivity index is 1.52. The van der Waals surface area contributed by atoms with Crippen LogP contribution in [0.2, 0.25) is 0 Å². The quantitative estimate of drug-likeness (QED) is 0.686. The van der Waals surface area contributed by atoms with Crippen LogP contribution in [-0.2, 0) is 13.0 Å². The van der Waals surface area contributed by atoms with Gasteiger partial charge in [-0.2, -0.15) is 0 Å². The predicted molar refractivity (Wildman–Crippen MR) is 110 cm³/mol. The zero-order valence-electron chi connectivity index (χ0n) is 16.4. The summed E-state index contributed by atoms with van der Waals surface area (Å²) in [4.78, 5) is 10.9. The maximum Gasteiger partial charge on any atom is 0.213 e. The van der Waals surface area contributed by atoms with Crippen LogP contribution in [0.15, 0.2) is 54.7 Å². The van der Waals surface area contributed by atoms with Gasteiger partial charge in [0.25, 0.3) is 0 Å². The monoisotopic (exact) mass is 393 g/mol. The number of aliphatic hydroxyl groups is 1. The van der Waals surface area contributed by atoms with Gasteiger partial charge in [0, 0.05) is 24.6 Å². The number of hydrogen-bond acceptors (Lipinski definition) is 5. The zero-order valence-corrected chi connectivity index (χ0v) is 16.4. The summed E-state index contributed by atoms with van der Waals surface area (Å²) in [5.74, 6) is 0.0408. The molecule has 1 saturated heterocycles. The number of aryl methyl sites for hydroxylation is 1. The van der Waals surface area contributed by atoms with Gasteiger partial charge in [-0.1, -0.05) is 31.2 Å². The molecule has 1 aliphatic heterocycles. The standard InChI is InChI=1S/C23H24FN3O2/c1-2-16-5-3-4-6-19(16)20-8-9-22(21(15-28)26-20)27-12-11-18(14-27)29-23-10-7-17(24)13-25-23/h3-10,13,18,28H,2,11-12,14-15H2,1H3/t18-/m0/s1. The Kier molecular flexibility index (Phi) is 5.71. The minimum Gasteiger partial charge on any atom is -0.472 e. The third-order valence-corrected chi connectivity index (χ3v) is 5.25. The van der Waals surface area contributed by atoms with Crippen LogP contribution < -0.4 is 9.64 Å². The van der Waals surface area contributed by atoms with Gasteiger partial charge in [-0.3, -0.25) is 0 Å². The van der Waals surface area contributed by atoms with Crippen molar-refractivity contribution in [1.29, 1.82) is 0 Å². The summed E-state index contributed by atoms with van der Waals surface area (Å²) in [5.41, 5.74) is 4.79. The average molecular weight is 393 g/mol. The fourth-order valence-electron chi connectivity index (χ4n) is 3.77. The summed E-state index contributed by atoms with van der Waals surface area (Å²) >= 11 is 0. The molecule has 0 bridgehead atoms. The first-order valence-corrected chi connectivity index (χ1v) is 9.90. The van der Waals surface area contributed by atoms with Crippen molar-refractivity contribution in [3.05, 3.63) is 71.8 Å². The molecule has 3 heterocycles. The summed E-state index contributed by atoms with van der Waals surface area (Å²) in [7, 11) is 0. The summed E-state index contributed by atoms with van der Waals surface area (Å²) in [6.45, 7) is 3.46. The Morgan fingerprint density at radius 3 is 2.79 bits per heavy atom. The first-order valence-electron chi connectivity index (χ1n) is 9.90. The molecule has 0 radical (unpaired) electrons. The normalized spacial score (nSPS) is 16.2. The van der Waals surface area contributed by atoms with E-state index in [4.69, 9.17) is 9.72 Å². The number of nitrogens with zero attached hydrogens (tertiary/aromatic N) is 3. The molecule has 0 unspecified atom stereocenters. The highest BCUT2D eigenvalue weighted by atomic mass is 19.1. The Morgan fingerprint density at radius 1 is 1.17 bits per heavy atom. The molecule has 2 aromatic heterocycles. The third-order valence-electron chi connectivity index (χ3n) is 5.25. The van der Waals surface area contributed by atoms with E-state index < -0.39 is 0 Å². The molecule has 0 saturated carbocycles. The van der Waals surface area contributed by atoms with Crippen LogP contribution >= 0.6 is 0 Å². The largest absolute Gasteiger partial charge is 0.472 e. The van der Waals surface area contributed by atoms with Crippen LogP contribution in [0, 0.1) is 5.82 Å². The predicted octanol–water partition coefficient (Wildman–Crippen LogP) is 4.00. The molecular formula is C23H24FN3O2. The van der Waals surface area contributed by atoms with Crippen LogP contribution in [0.3, 0.4) is 0 Å². The Bertz CT molecular complexity index is 978. The number of ether oxygens (including phenoxy) is 1. The highest BCUT2D eigenvalue weighted by Crippen LogP contribution is 2.30. The van der Waals surface area contributed by atoms with Crippen molar-refractivity contribution in [3.63, 3.8) is 0 Å². The smallest absolute Gasteiger partial charge is 0.213 e. The number of anilines is 1. The van der Waals surface area contributed by atoms with Crippen molar-refractivity contribution in [1.82, 2.24) is 9.97 Å². The van der Waals surface area contributed by atoms with E-state index in [0.717, 1.165) is 42.5 Å². The molecule has 4 rings (SSSR count). The lowest BCUT2D eigenvalue weighted by atomic mass is 10.0. The lowest BCUT2D eigenvalue weighted by Crippen LogP contribution is -2.26. The van der Waals surface area contributed by atoms with Crippen LogP contribution in [0.25, 0.3) is 11.3 Å². The van der Waals surface area contributed by atoms with E-state index in [-0.39, 0.29) is 18.5 Å². The first kappa shape index (κ1) is 19.3. The molecular weight excluding hydrogens is 369 g/mol. The maximum absolute atomic E-state index is 13.0. The topological polar surface area (TPSA) is 58.5 Å². The number of aromatic nitrogens is 2. The molecule has 1 fully saturated rings. The van der Waals surface area contributed by atoms with Gasteiger partial charge < -0.3 is 14.7 Å². The molecule has 29 heavy (non-hydrogen) atoms. The summed E-state index contributed by atoms with van der Waals surface area (Å²) in [5, 5.41) is 9.94. The molecule has 0 aliphatic carbocycles. The van der Waals surface area contributed by atoms with Crippen molar-refractivity contribution < 1.29 is 14.2 Å². The Morgan fingerprint density at radius 2 is 2.03 bits per heavy atom. The first-order chi connectivity index (χ1) is 14.2. The van der Waals surface area contributed by atoms with Crippen molar-refractivity contribution in [2.24, 2.45) is 0 Å². The van der Waals surface area contributed by atoms with Gasteiger partial charge in [-0.15, -0.1) is 0 Å². The van der Waals surface area contributed by atoms with Gasteiger partial charge in [-0.05, 0) is 30.2 Å². The van der Waals surface area contributed by atoms with Gasteiger partial charge >= 0.3 is 0 Å². The molecule has 6 heteroatoms. The van der Waals surface area contributed by atoms with E-state index >= 15 is 0 Å². The molecule has 1 aliphatic rings. The third kappa shape index (κ3) is 4.22. The zero-order chi connectivity index (χ0) is 20.2. The number of benzene rings is 1.